The van der Waals surface area contributed by atoms with E-state index in [1.807, 2.05) is 37.5 Å². The second-order valence-electron chi connectivity index (χ2n) is 11.7. The highest BCUT2D eigenvalue weighted by Crippen LogP contribution is 2.45. The van der Waals surface area contributed by atoms with Crippen molar-refractivity contribution in [3.05, 3.63) is 0 Å². The van der Waals surface area contributed by atoms with Gasteiger partial charge in [-0.05, 0) is 57.8 Å². The number of urea groups is 2. The molecule has 32 heavy (non-hydrogen) atoms. The minimum absolute atomic E-state index is 0.00243. The van der Waals surface area contributed by atoms with Crippen molar-refractivity contribution >= 4 is 12.1 Å². The van der Waals surface area contributed by atoms with Gasteiger partial charge in [0.2, 0.25) is 0 Å². The largest absolute Gasteiger partial charge is 0.372 e. The molecule has 6 atom stereocenters. The third-order valence-corrected chi connectivity index (χ3v) is 6.85. The number of ether oxygens (including phenoxy) is 2. The highest BCUT2D eigenvalue weighted by atomic mass is 16.5. The number of hydrogen-bond acceptors (Lipinski definition) is 4. The number of nitrogens with one attached hydrogen (secondary N) is 2. The fraction of sp³-hybridized carbons (Fsp3) is 0.917. The maximum Gasteiger partial charge on any atom is 0.317 e. The van der Waals surface area contributed by atoms with Crippen LogP contribution in [0.5, 0.6) is 0 Å². The van der Waals surface area contributed by atoms with E-state index in [1.165, 1.54) is 0 Å². The van der Waals surface area contributed by atoms with Crippen molar-refractivity contribution < 1.29 is 19.1 Å². The summed E-state index contributed by atoms with van der Waals surface area (Å²) >= 11 is 0. The monoisotopic (exact) mass is 452 g/mol. The molecule has 8 heteroatoms. The molecule has 2 N–H and O–H groups in total. The van der Waals surface area contributed by atoms with Crippen LogP contribution in [-0.2, 0) is 9.47 Å². The standard InChI is InChI=1S/C24H44N4O4/c1-16-10-27(11-17(2)31-16)21(29)25-15-24(7)9-20(8-23(5,6)14-24)26-22(30)28-12-18(3)32-19(4)13-28/h16-20H,8-15H2,1-7H3,(H,25,29)(H,26,30)/t16-,17+,18-,19-,20+,24+/m0/s1. The van der Waals surface area contributed by atoms with Gasteiger partial charge in [0.05, 0.1) is 24.4 Å². The first-order chi connectivity index (χ1) is 14.8. The third kappa shape index (κ3) is 6.73. The summed E-state index contributed by atoms with van der Waals surface area (Å²) in [6, 6.07) is 0.0656. The number of morpholine rings is 2. The zero-order chi connectivity index (χ0) is 23.7. The highest BCUT2D eigenvalue weighted by molar-refractivity contribution is 5.75. The van der Waals surface area contributed by atoms with E-state index in [1.54, 1.807) is 0 Å². The molecule has 8 nitrogen and oxygen atoms in total. The van der Waals surface area contributed by atoms with Gasteiger partial charge in [0.15, 0.2) is 0 Å². The van der Waals surface area contributed by atoms with Crippen LogP contribution >= 0.6 is 0 Å². The average molecular weight is 453 g/mol. The predicted octanol–water partition coefficient (Wildman–Crippen LogP) is 3.21. The van der Waals surface area contributed by atoms with Gasteiger partial charge in [-0.3, -0.25) is 0 Å². The topological polar surface area (TPSA) is 83.1 Å². The van der Waals surface area contributed by atoms with Gasteiger partial charge in [0.1, 0.15) is 0 Å². The fourth-order valence-corrected chi connectivity index (χ4v) is 6.22. The van der Waals surface area contributed by atoms with Crippen molar-refractivity contribution in [1.29, 1.82) is 0 Å². The predicted molar refractivity (Wildman–Crippen MR) is 125 cm³/mol. The summed E-state index contributed by atoms with van der Waals surface area (Å²) in [5.41, 5.74) is 0.00767. The Morgan fingerprint density at radius 3 is 1.78 bits per heavy atom. The maximum atomic E-state index is 13.0. The summed E-state index contributed by atoms with van der Waals surface area (Å²) in [5.74, 6) is 0. The molecule has 2 aliphatic heterocycles. The smallest absolute Gasteiger partial charge is 0.317 e. The maximum absolute atomic E-state index is 13.0. The number of rotatable bonds is 3. The lowest BCUT2D eigenvalue weighted by Gasteiger charge is -2.47. The van der Waals surface area contributed by atoms with E-state index in [9.17, 15) is 9.59 Å². The second kappa shape index (κ2) is 9.75. The van der Waals surface area contributed by atoms with Crippen LogP contribution in [0.15, 0.2) is 0 Å². The van der Waals surface area contributed by atoms with Gasteiger partial charge in [-0.25, -0.2) is 9.59 Å². The highest BCUT2D eigenvalue weighted by Gasteiger charge is 2.42. The number of amides is 4. The summed E-state index contributed by atoms with van der Waals surface area (Å²) in [6.07, 6.45) is 3.02. The van der Waals surface area contributed by atoms with Crippen LogP contribution in [0.25, 0.3) is 0 Å². The number of nitrogens with zero attached hydrogens (tertiary/aromatic N) is 2. The normalized spacial score (nSPS) is 37.7. The van der Waals surface area contributed by atoms with Gasteiger partial charge in [0, 0.05) is 38.8 Å². The molecular formula is C24H44N4O4. The molecule has 1 aliphatic carbocycles. The summed E-state index contributed by atoms with van der Waals surface area (Å²) in [7, 11) is 0. The fourth-order valence-electron chi connectivity index (χ4n) is 6.22. The van der Waals surface area contributed by atoms with Crippen LogP contribution in [0.2, 0.25) is 0 Å². The molecule has 184 valence electrons. The SMILES string of the molecule is C[C@@H]1CN(C(=O)NC[C@]2(C)C[C@H](NC(=O)N3C[C@H](C)O[C@@H](C)C3)CC(C)(C)C2)C[C@H](C)O1. The molecule has 3 rings (SSSR count). The average Bonchev–Trinajstić information content (AvgIpc) is 2.63. The molecule has 2 heterocycles. The van der Waals surface area contributed by atoms with E-state index in [2.05, 4.69) is 31.4 Å². The third-order valence-electron chi connectivity index (χ3n) is 6.85. The Morgan fingerprint density at radius 2 is 1.28 bits per heavy atom. The lowest BCUT2D eigenvalue weighted by molar-refractivity contribution is -0.0558. The summed E-state index contributed by atoms with van der Waals surface area (Å²) in [5, 5.41) is 6.48. The minimum Gasteiger partial charge on any atom is -0.372 e. The van der Waals surface area contributed by atoms with Crippen LogP contribution < -0.4 is 10.6 Å². The Morgan fingerprint density at radius 1 is 0.812 bits per heavy atom. The lowest BCUT2D eigenvalue weighted by atomic mass is 9.62. The van der Waals surface area contributed by atoms with Crippen molar-refractivity contribution in [3.8, 4) is 0 Å². The summed E-state index contributed by atoms with van der Waals surface area (Å²) in [6.45, 7) is 17.9. The molecule has 2 saturated heterocycles. The molecule has 0 aromatic carbocycles. The molecule has 0 aromatic heterocycles. The van der Waals surface area contributed by atoms with Crippen molar-refractivity contribution in [2.75, 3.05) is 32.7 Å². The van der Waals surface area contributed by atoms with Gasteiger partial charge < -0.3 is 29.9 Å². The van der Waals surface area contributed by atoms with Crippen LogP contribution in [0.3, 0.4) is 0 Å². The number of hydrogen-bond donors (Lipinski definition) is 2. The molecule has 0 radical (unpaired) electrons. The first-order valence-electron chi connectivity index (χ1n) is 12.2. The molecule has 0 unspecified atom stereocenters. The molecule has 0 aromatic rings. The molecule has 3 fully saturated rings. The number of carbonyl (C=O) groups excluding carboxylic acids is 2. The molecular weight excluding hydrogens is 408 g/mol. The zero-order valence-electron chi connectivity index (χ0n) is 21.1. The van der Waals surface area contributed by atoms with E-state index in [0.717, 1.165) is 19.3 Å². The quantitative estimate of drug-likeness (QED) is 0.689. The zero-order valence-corrected chi connectivity index (χ0v) is 21.1. The van der Waals surface area contributed by atoms with E-state index in [-0.39, 0.29) is 53.3 Å². The van der Waals surface area contributed by atoms with Gasteiger partial charge in [-0.15, -0.1) is 0 Å². The van der Waals surface area contributed by atoms with Crippen molar-refractivity contribution in [2.24, 2.45) is 10.8 Å². The van der Waals surface area contributed by atoms with E-state index in [0.29, 0.717) is 32.7 Å². The Kier molecular flexibility index (Phi) is 7.65. The molecule has 4 amide bonds. The first-order valence-corrected chi connectivity index (χ1v) is 12.2. The van der Waals surface area contributed by atoms with Crippen LogP contribution in [-0.4, -0.2) is 85.0 Å². The van der Waals surface area contributed by atoms with Crippen LogP contribution in [0.4, 0.5) is 9.59 Å². The van der Waals surface area contributed by atoms with Gasteiger partial charge in [-0.1, -0.05) is 20.8 Å². The Bertz CT molecular complexity index is 667. The van der Waals surface area contributed by atoms with E-state index >= 15 is 0 Å². The first kappa shape index (κ1) is 25.1. The summed E-state index contributed by atoms with van der Waals surface area (Å²) < 4.78 is 11.5. The van der Waals surface area contributed by atoms with Crippen molar-refractivity contribution in [3.63, 3.8) is 0 Å². The Labute approximate surface area is 193 Å². The van der Waals surface area contributed by atoms with E-state index in [4.69, 9.17) is 9.47 Å². The Hall–Kier alpha value is -1.54. The van der Waals surface area contributed by atoms with Crippen LogP contribution in [0.1, 0.15) is 67.7 Å². The molecule has 0 spiro atoms. The van der Waals surface area contributed by atoms with Gasteiger partial charge in [-0.2, -0.15) is 0 Å². The van der Waals surface area contributed by atoms with E-state index < -0.39 is 0 Å². The lowest BCUT2D eigenvalue weighted by Crippen LogP contribution is -2.57. The summed E-state index contributed by atoms with van der Waals surface area (Å²) in [4.78, 5) is 29.6. The number of carbonyl (C=O) groups is 2. The molecule has 1 saturated carbocycles. The Balaban J connectivity index is 1.57. The van der Waals surface area contributed by atoms with Crippen molar-refractivity contribution in [1.82, 2.24) is 20.4 Å². The molecule has 3 aliphatic rings. The van der Waals surface area contributed by atoms with Gasteiger partial charge >= 0.3 is 12.1 Å². The van der Waals surface area contributed by atoms with Crippen molar-refractivity contribution in [2.45, 2.75) is 98.2 Å². The second-order valence-corrected chi connectivity index (χ2v) is 11.7. The van der Waals surface area contributed by atoms with Gasteiger partial charge in [0.25, 0.3) is 0 Å². The molecule has 0 bridgehead atoms. The van der Waals surface area contributed by atoms with Crippen LogP contribution in [0, 0.1) is 10.8 Å². The minimum atomic E-state index is -0.0789.